The summed E-state index contributed by atoms with van der Waals surface area (Å²) in [5, 5.41) is 0. The van der Waals surface area contributed by atoms with Crippen LogP contribution >= 0.6 is 0 Å². The highest BCUT2D eigenvalue weighted by Gasteiger charge is 2.13. The van der Waals surface area contributed by atoms with Crippen molar-refractivity contribution in [3.8, 4) is 11.5 Å². The molecule has 0 aliphatic carbocycles. The van der Waals surface area contributed by atoms with E-state index in [4.69, 9.17) is 10.5 Å². The maximum Gasteiger partial charge on any atom is 0.132 e. The Hall–Kier alpha value is -1.87. The third-order valence-corrected chi connectivity index (χ3v) is 3.35. The van der Waals surface area contributed by atoms with Gasteiger partial charge in [-0.15, -0.1) is 0 Å². The summed E-state index contributed by atoms with van der Waals surface area (Å²) in [6.07, 6.45) is 0. The van der Waals surface area contributed by atoms with E-state index in [1.807, 2.05) is 39.0 Å². The molecule has 0 spiro atoms. The molecule has 0 unspecified atom stereocenters. The van der Waals surface area contributed by atoms with Crippen LogP contribution in [0.2, 0.25) is 0 Å². The van der Waals surface area contributed by atoms with Crippen LogP contribution in [0.1, 0.15) is 35.2 Å². The van der Waals surface area contributed by atoms with Crippen LogP contribution in [0.4, 0.5) is 4.39 Å². The number of halogens is 1. The molecule has 2 rings (SSSR count). The Morgan fingerprint density at radius 1 is 1.00 bits per heavy atom. The van der Waals surface area contributed by atoms with Crippen LogP contribution in [0.3, 0.4) is 0 Å². The fraction of sp³-hybridized carbons (Fsp3) is 0.294. The van der Waals surface area contributed by atoms with Crippen molar-refractivity contribution in [3.63, 3.8) is 0 Å². The molecule has 3 heteroatoms. The fourth-order valence-corrected chi connectivity index (χ4v) is 2.05. The van der Waals surface area contributed by atoms with Crippen molar-refractivity contribution < 1.29 is 9.13 Å². The summed E-state index contributed by atoms with van der Waals surface area (Å²) in [4.78, 5) is 0. The van der Waals surface area contributed by atoms with Crippen molar-refractivity contribution in [2.45, 2.75) is 33.7 Å². The van der Waals surface area contributed by atoms with Gasteiger partial charge in [0, 0.05) is 11.6 Å². The predicted molar refractivity (Wildman–Crippen MR) is 79.7 cm³/mol. The standard InChI is InChI=1S/C17H20FNO/c1-10-5-6-11(2)16(7-10)20-17-8-12(3)15(18)9-14(17)13(4)19/h5-9,13H,19H2,1-4H3/t13-/m1/s1. The molecule has 0 amide bonds. The first-order valence-corrected chi connectivity index (χ1v) is 6.69. The van der Waals surface area contributed by atoms with Gasteiger partial charge in [-0.1, -0.05) is 12.1 Å². The minimum Gasteiger partial charge on any atom is -0.457 e. The molecular weight excluding hydrogens is 253 g/mol. The molecule has 0 aliphatic rings. The lowest BCUT2D eigenvalue weighted by Crippen LogP contribution is -2.08. The maximum absolute atomic E-state index is 13.7. The molecule has 106 valence electrons. The number of benzene rings is 2. The summed E-state index contributed by atoms with van der Waals surface area (Å²) in [6, 6.07) is 8.89. The Labute approximate surface area is 119 Å². The minimum atomic E-state index is -0.287. The lowest BCUT2D eigenvalue weighted by molar-refractivity contribution is 0.464. The van der Waals surface area contributed by atoms with E-state index >= 15 is 0 Å². The number of hydrogen-bond donors (Lipinski definition) is 1. The van der Waals surface area contributed by atoms with E-state index < -0.39 is 0 Å². The van der Waals surface area contributed by atoms with E-state index in [9.17, 15) is 4.39 Å². The number of rotatable bonds is 3. The summed E-state index contributed by atoms with van der Waals surface area (Å²) in [6.45, 7) is 7.53. The van der Waals surface area contributed by atoms with Crippen molar-refractivity contribution in [2.24, 2.45) is 5.73 Å². The molecule has 0 saturated carbocycles. The zero-order chi connectivity index (χ0) is 14.9. The first-order valence-electron chi connectivity index (χ1n) is 6.69. The second-order valence-corrected chi connectivity index (χ2v) is 5.30. The number of nitrogens with two attached hydrogens (primary N) is 1. The van der Waals surface area contributed by atoms with E-state index in [-0.39, 0.29) is 11.9 Å². The van der Waals surface area contributed by atoms with Crippen LogP contribution < -0.4 is 10.5 Å². The molecule has 0 bridgehead atoms. The molecule has 0 aliphatic heterocycles. The zero-order valence-electron chi connectivity index (χ0n) is 12.3. The molecule has 1 atom stereocenters. The van der Waals surface area contributed by atoms with Gasteiger partial charge in [-0.2, -0.15) is 0 Å². The van der Waals surface area contributed by atoms with Gasteiger partial charge in [-0.05, 0) is 62.6 Å². The van der Waals surface area contributed by atoms with Crippen molar-refractivity contribution in [3.05, 3.63) is 58.4 Å². The second-order valence-electron chi connectivity index (χ2n) is 5.30. The molecule has 0 saturated heterocycles. The van der Waals surface area contributed by atoms with Gasteiger partial charge < -0.3 is 10.5 Å². The van der Waals surface area contributed by atoms with Gasteiger partial charge in [0.1, 0.15) is 17.3 Å². The zero-order valence-corrected chi connectivity index (χ0v) is 12.3. The molecule has 0 heterocycles. The smallest absolute Gasteiger partial charge is 0.132 e. The van der Waals surface area contributed by atoms with Crippen LogP contribution in [0, 0.1) is 26.6 Å². The van der Waals surface area contributed by atoms with E-state index in [1.54, 1.807) is 13.0 Å². The molecule has 20 heavy (non-hydrogen) atoms. The van der Waals surface area contributed by atoms with E-state index in [0.717, 1.165) is 16.9 Å². The van der Waals surface area contributed by atoms with E-state index in [2.05, 4.69) is 0 Å². The molecule has 2 aromatic carbocycles. The SMILES string of the molecule is Cc1ccc(C)c(Oc2cc(C)c(F)cc2[C@@H](C)N)c1. The number of aryl methyl sites for hydroxylation is 3. The van der Waals surface area contributed by atoms with Gasteiger partial charge in [0.15, 0.2) is 0 Å². The second kappa shape index (κ2) is 5.63. The molecule has 0 fully saturated rings. The third-order valence-electron chi connectivity index (χ3n) is 3.35. The average Bonchev–Trinajstić information content (AvgIpc) is 2.37. The van der Waals surface area contributed by atoms with Crippen LogP contribution in [0.5, 0.6) is 11.5 Å². The van der Waals surface area contributed by atoms with Crippen LogP contribution in [0.25, 0.3) is 0 Å². The lowest BCUT2D eigenvalue weighted by Gasteiger charge is -2.16. The third kappa shape index (κ3) is 2.99. The minimum absolute atomic E-state index is 0.259. The van der Waals surface area contributed by atoms with Crippen LogP contribution in [0.15, 0.2) is 30.3 Å². The first kappa shape index (κ1) is 14.5. The Morgan fingerprint density at radius 3 is 2.35 bits per heavy atom. The Balaban J connectivity index is 2.47. The van der Waals surface area contributed by atoms with Gasteiger partial charge in [-0.25, -0.2) is 4.39 Å². The molecule has 2 nitrogen and oxygen atoms in total. The van der Waals surface area contributed by atoms with Gasteiger partial charge >= 0.3 is 0 Å². The molecule has 0 radical (unpaired) electrons. The van der Waals surface area contributed by atoms with Crippen LogP contribution in [-0.4, -0.2) is 0 Å². The molecule has 0 aromatic heterocycles. The average molecular weight is 273 g/mol. The lowest BCUT2D eigenvalue weighted by atomic mass is 10.0. The van der Waals surface area contributed by atoms with Gasteiger partial charge in [0.25, 0.3) is 0 Å². The van der Waals surface area contributed by atoms with Crippen molar-refractivity contribution in [1.82, 2.24) is 0 Å². The highest BCUT2D eigenvalue weighted by molar-refractivity contribution is 5.45. The highest BCUT2D eigenvalue weighted by atomic mass is 19.1. The monoisotopic (exact) mass is 273 g/mol. The molecule has 2 N–H and O–H groups in total. The van der Waals surface area contributed by atoms with Gasteiger partial charge in [0.05, 0.1) is 0 Å². The van der Waals surface area contributed by atoms with Crippen molar-refractivity contribution in [1.29, 1.82) is 0 Å². The van der Waals surface area contributed by atoms with E-state index in [0.29, 0.717) is 16.9 Å². The van der Waals surface area contributed by atoms with Crippen molar-refractivity contribution >= 4 is 0 Å². The summed E-state index contributed by atoms with van der Waals surface area (Å²) >= 11 is 0. The van der Waals surface area contributed by atoms with Crippen molar-refractivity contribution in [2.75, 3.05) is 0 Å². The Kier molecular flexibility index (Phi) is 4.09. The van der Waals surface area contributed by atoms with Gasteiger partial charge in [-0.3, -0.25) is 0 Å². The fourth-order valence-electron chi connectivity index (χ4n) is 2.05. The molecule has 2 aromatic rings. The van der Waals surface area contributed by atoms with Gasteiger partial charge in [0.2, 0.25) is 0 Å². The Morgan fingerprint density at radius 2 is 1.70 bits per heavy atom. The molecular formula is C17H20FNO. The number of ether oxygens (including phenoxy) is 1. The largest absolute Gasteiger partial charge is 0.457 e. The summed E-state index contributed by atoms with van der Waals surface area (Å²) in [5.74, 6) is 1.14. The normalized spacial score (nSPS) is 12.3. The quantitative estimate of drug-likeness (QED) is 0.889. The summed E-state index contributed by atoms with van der Waals surface area (Å²) in [5.41, 5.74) is 9.29. The van der Waals surface area contributed by atoms with E-state index in [1.165, 1.54) is 6.07 Å². The number of hydrogen-bond acceptors (Lipinski definition) is 2. The highest BCUT2D eigenvalue weighted by Crippen LogP contribution is 2.33. The predicted octanol–water partition coefficient (Wildman–Crippen LogP) is 4.56. The topological polar surface area (TPSA) is 35.2 Å². The first-order chi connectivity index (χ1) is 9.38. The van der Waals surface area contributed by atoms with Crippen LogP contribution in [-0.2, 0) is 0 Å². The summed E-state index contributed by atoms with van der Waals surface area (Å²) in [7, 11) is 0. The maximum atomic E-state index is 13.7. The Bertz CT molecular complexity index is 635. The summed E-state index contributed by atoms with van der Waals surface area (Å²) < 4.78 is 19.7.